The summed E-state index contributed by atoms with van der Waals surface area (Å²) in [6.07, 6.45) is 7.34. The normalized spacial score (nSPS) is 13.7. The van der Waals surface area contributed by atoms with Crippen molar-refractivity contribution in [3.63, 3.8) is 0 Å². The Bertz CT molecular complexity index is 3480. The standard InChI is InChI=1S/C56H39NS/c1-58(2)55-33-37(36-14-4-3-5-15-36)24-27-48(55)49-28-26-41(34-56(49)58)57-35-53(51-31-39-17-7-9-19-43(39)45-21-11-13-23-47(45)51)52-32-40(25-29-54(52)57)50-30-38-16-6-8-18-42(38)44-20-10-12-22-46(44)50/h3-35H,1-2H3. The largest absolute Gasteiger partial charge is 0.316 e. The lowest BCUT2D eigenvalue weighted by Gasteiger charge is -2.29. The van der Waals surface area contributed by atoms with Crippen LogP contribution < -0.4 is 0 Å². The van der Waals surface area contributed by atoms with Gasteiger partial charge in [-0.3, -0.25) is 0 Å². The molecule has 0 atom stereocenters. The van der Waals surface area contributed by atoms with Gasteiger partial charge in [0.25, 0.3) is 0 Å². The lowest BCUT2D eigenvalue weighted by molar-refractivity contribution is 1.12. The first-order chi connectivity index (χ1) is 28.5. The molecule has 0 bridgehead atoms. The second kappa shape index (κ2) is 12.6. The van der Waals surface area contributed by atoms with Crippen LogP contribution in [0, 0.1) is 0 Å². The highest BCUT2D eigenvalue weighted by Crippen LogP contribution is 2.68. The summed E-state index contributed by atoms with van der Waals surface area (Å²) in [4.78, 5) is 2.91. The van der Waals surface area contributed by atoms with Gasteiger partial charge in [0.15, 0.2) is 0 Å². The van der Waals surface area contributed by atoms with E-state index in [1.165, 1.54) is 114 Å². The average Bonchev–Trinajstić information content (AvgIpc) is 3.77. The van der Waals surface area contributed by atoms with E-state index in [1.807, 2.05) is 0 Å². The molecule has 1 aromatic heterocycles. The van der Waals surface area contributed by atoms with Gasteiger partial charge in [-0.25, -0.2) is 0 Å². The van der Waals surface area contributed by atoms with Gasteiger partial charge in [-0.1, -0.05) is 152 Å². The molecule has 0 N–H and O–H groups in total. The van der Waals surface area contributed by atoms with Gasteiger partial charge in [-0.15, -0.1) is 0 Å². The van der Waals surface area contributed by atoms with Crippen LogP contribution in [0.25, 0.3) is 104 Å². The van der Waals surface area contributed by atoms with E-state index >= 15 is 0 Å². The molecule has 11 aromatic rings. The second-order valence-corrected chi connectivity index (χ2v) is 19.6. The van der Waals surface area contributed by atoms with Crippen molar-refractivity contribution in [2.24, 2.45) is 0 Å². The maximum Gasteiger partial charge on any atom is 0.0535 e. The van der Waals surface area contributed by atoms with E-state index in [4.69, 9.17) is 0 Å². The van der Waals surface area contributed by atoms with Crippen LogP contribution in [0.1, 0.15) is 0 Å². The smallest absolute Gasteiger partial charge is 0.0535 e. The number of aromatic nitrogens is 1. The first kappa shape index (κ1) is 33.3. The Balaban J connectivity index is 1.09. The van der Waals surface area contributed by atoms with E-state index in [9.17, 15) is 0 Å². The minimum absolute atomic E-state index is 1.20. The molecule has 1 nitrogen and oxygen atoms in total. The third kappa shape index (κ3) is 4.92. The molecule has 1 aliphatic heterocycles. The Morgan fingerprint density at radius 1 is 0.328 bits per heavy atom. The zero-order chi connectivity index (χ0) is 38.5. The molecule has 0 fully saturated rings. The van der Waals surface area contributed by atoms with Gasteiger partial charge >= 0.3 is 0 Å². The maximum absolute atomic E-state index is 2.49. The van der Waals surface area contributed by atoms with Crippen molar-refractivity contribution >= 4 is 64.0 Å². The van der Waals surface area contributed by atoms with Crippen LogP contribution in [0.15, 0.2) is 210 Å². The molecule has 0 saturated heterocycles. The molecule has 0 unspecified atom stereocenters. The molecule has 0 aliphatic carbocycles. The average molecular weight is 758 g/mol. The van der Waals surface area contributed by atoms with Crippen LogP contribution in [-0.4, -0.2) is 17.1 Å². The van der Waals surface area contributed by atoms with E-state index < -0.39 is 10.0 Å². The maximum atomic E-state index is 2.49. The van der Waals surface area contributed by atoms with Crippen molar-refractivity contribution in [1.29, 1.82) is 0 Å². The molecule has 0 saturated carbocycles. The zero-order valence-corrected chi connectivity index (χ0v) is 33.2. The predicted molar refractivity (Wildman–Crippen MR) is 251 cm³/mol. The Morgan fingerprint density at radius 2 is 0.862 bits per heavy atom. The van der Waals surface area contributed by atoms with Crippen molar-refractivity contribution in [2.45, 2.75) is 9.79 Å². The second-order valence-electron chi connectivity index (χ2n) is 16.1. The fraction of sp³-hybridized carbons (Fsp3) is 0.0357. The fourth-order valence-electron chi connectivity index (χ4n) is 9.80. The molecule has 0 spiro atoms. The van der Waals surface area contributed by atoms with Gasteiger partial charge in [0, 0.05) is 32.6 Å². The zero-order valence-electron chi connectivity index (χ0n) is 32.4. The minimum atomic E-state index is -1.27. The van der Waals surface area contributed by atoms with Crippen LogP contribution >= 0.6 is 10.0 Å². The van der Waals surface area contributed by atoms with Crippen LogP contribution in [0.5, 0.6) is 0 Å². The van der Waals surface area contributed by atoms with E-state index in [0.717, 1.165) is 0 Å². The summed E-state index contributed by atoms with van der Waals surface area (Å²) in [6, 6.07) is 72.4. The molecule has 0 amide bonds. The first-order valence-electron chi connectivity index (χ1n) is 20.1. The summed E-state index contributed by atoms with van der Waals surface area (Å²) in [7, 11) is -1.27. The molecule has 2 heteroatoms. The highest BCUT2D eigenvalue weighted by molar-refractivity contribution is 8.33. The van der Waals surface area contributed by atoms with Gasteiger partial charge in [0.2, 0.25) is 0 Å². The molecule has 2 heterocycles. The summed E-state index contributed by atoms with van der Waals surface area (Å²) in [5, 5.41) is 11.4. The van der Waals surface area contributed by atoms with Crippen molar-refractivity contribution in [2.75, 3.05) is 12.5 Å². The molecule has 58 heavy (non-hydrogen) atoms. The third-order valence-electron chi connectivity index (χ3n) is 12.7. The summed E-state index contributed by atoms with van der Waals surface area (Å²) < 4.78 is 2.45. The summed E-state index contributed by atoms with van der Waals surface area (Å²) in [6.45, 7) is 0. The number of rotatable bonds is 4. The molecule has 10 aromatic carbocycles. The molecule has 12 rings (SSSR count). The summed E-state index contributed by atoms with van der Waals surface area (Å²) >= 11 is 0. The summed E-state index contributed by atoms with van der Waals surface area (Å²) in [5.74, 6) is 0. The van der Waals surface area contributed by atoms with Gasteiger partial charge < -0.3 is 4.57 Å². The topological polar surface area (TPSA) is 4.93 Å². The molecular weight excluding hydrogens is 719 g/mol. The van der Waals surface area contributed by atoms with Crippen molar-refractivity contribution in [1.82, 2.24) is 4.57 Å². The van der Waals surface area contributed by atoms with Crippen molar-refractivity contribution in [3.05, 3.63) is 200 Å². The predicted octanol–water partition coefficient (Wildman–Crippen LogP) is 15.7. The third-order valence-corrected chi connectivity index (χ3v) is 15.5. The first-order valence-corrected chi connectivity index (χ1v) is 22.5. The number of nitrogens with zero attached hydrogens (tertiary/aromatic N) is 1. The van der Waals surface area contributed by atoms with Crippen LogP contribution in [-0.2, 0) is 0 Å². The molecule has 0 radical (unpaired) electrons. The molecular formula is C56H39NS. The van der Waals surface area contributed by atoms with Crippen LogP contribution in [0.3, 0.4) is 0 Å². The highest BCUT2D eigenvalue weighted by Gasteiger charge is 2.32. The number of hydrogen-bond acceptors (Lipinski definition) is 0. The molecule has 274 valence electrons. The van der Waals surface area contributed by atoms with Gasteiger partial charge in [-0.2, -0.15) is 10.0 Å². The molecule has 1 aliphatic rings. The monoisotopic (exact) mass is 757 g/mol. The van der Waals surface area contributed by atoms with Gasteiger partial charge in [0.1, 0.15) is 0 Å². The van der Waals surface area contributed by atoms with Crippen LogP contribution in [0.4, 0.5) is 0 Å². The van der Waals surface area contributed by atoms with Crippen molar-refractivity contribution in [3.8, 4) is 50.2 Å². The fourth-order valence-corrected chi connectivity index (χ4v) is 12.3. The minimum Gasteiger partial charge on any atom is -0.316 e. The summed E-state index contributed by atoms with van der Waals surface area (Å²) in [5.41, 5.74) is 12.7. The van der Waals surface area contributed by atoms with Crippen LogP contribution in [0.2, 0.25) is 0 Å². The van der Waals surface area contributed by atoms with E-state index in [-0.39, 0.29) is 0 Å². The van der Waals surface area contributed by atoms with E-state index in [2.05, 4.69) is 217 Å². The van der Waals surface area contributed by atoms with Crippen molar-refractivity contribution < 1.29 is 0 Å². The lowest BCUT2D eigenvalue weighted by Crippen LogP contribution is -1.97. The Morgan fingerprint density at radius 3 is 1.55 bits per heavy atom. The Labute approximate surface area is 339 Å². The number of benzene rings is 10. The van der Waals surface area contributed by atoms with E-state index in [0.29, 0.717) is 0 Å². The van der Waals surface area contributed by atoms with Gasteiger partial charge in [-0.05, 0) is 137 Å². The van der Waals surface area contributed by atoms with Gasteiger partial charge in [0.05, 0.1) is 5.52 Å². The SMILES string of the molecule is CS1(C)c2cc(-c3ccccc3)ccc2-c2ccc(-n3cc(-c4cc5ccccc5c5ccccc45)c4cc(-c5cc6ccccc6c6ccccc56)ccc43)cc21. The lowest BCUT2D eigenvalue weighted by atomic mass is 9.91. The quantitative estimate of drug-likeness (QED) is 0.158. The Hall–Kier alpha value is -6.87. The van der Waals surface area contributed by atoms with E-state index in [1.54, 1.807) is 0 Å². The number of hydrogen-bond donors (Lipinski definition) is 0. The Kier molecular flexibility index (Phi) is 7.21. The number of fused-ring (bicyclic) bond motifs is 10. The highest BCUT2D eigenvalue weighted by atomic mass is 32.3.